The third-order valence-corrected chi connectivity index (χ3v) is 4.59. The number of benzene rings is 1. The van der Waals surface area contributed by atoms with Crippen LogP contribution in [0.5, 0.6) is 0 Å². The third-order valence-electron chi connectivity index (χ3n) is 4.59. The summed E-state index contributed by atoms with van der Waals surface area (Å²) >= 11 is 0. The van der Waals surface area contributed by atoms with E-state index in [1.54, 1.807) is 18.3 Å². The Bertz CT molecular complexity index is 1100. The van der Waals surface area contributed by atoms with Gasteiger partial charge >= 0.3 is 6.18 Å². The SMILES string of the molecule is CN1CCc2cc(-c3ccnc(Nc4cnn(CC(F)(F)F)c4)n3)cc(C#N)c21. The van der Waals surface area contributed by atoms with E-state index < -0.39 is 12.7 Å². The van der Waals surface area contributed by atoms with Crippen molar-refractivity contribution >= 4 is 17.3 Å². The van der Waals surface area contributed by atoms with Crippen LogP contribution in [0.15, 0.2) is 36.8 Å². The summed E-state index contributed by atoms with van der Waals surface area (Å²) in [6, 6.07) is 7.76. The second kappa shape index (κ2) is 7.09. The van der Waals surface area contributed by atoms with Crippen LogP contribution in [-0.2, 0) is 13.0 Å². The van der Waals surface area contributed by atoms with Crippen molar-refractivity contribution in [3.05, 3.63) is 47.9 Å². The number of halogens is 3. The molecule has 0 saturated carbocycles. The van der Waals surface area contributed by atoms with E-state index in [1.807, 2.05) is 13.1 Å². The Morgan fingerprint density at radius 2 is 2.14 bits per heavy atom. The normalized spacial score (nSPS) is 13.3. The fraction of sp³-hybridized carbons (Fsp3) is 0.263. The van der Waals surface area contributed by atoms with Gasteiger partial charge in [0, 0.05) is 31.5 Å². The van der Waals surface area contributed by atoms with E-state index in [2.05, 4.69) is 31.4 Å². The molecule has 0 atom stereocenters. The average Bonchev–Trinajstić information content (AvgIpc) is 3.26. The Morgan fingerprint density at radius 1 is 1.31 bits per heavy atom. The van der Waals surface area contributed by atoms with Crippen molar-refractivity contribution in [3.8, 4) is 17.3 Å². The molecule has 0 aliphatic carbocycles. The lowest BCUT2D eigenvalue weighted by molar-refractivity contribution is -0.142. The molecule has 0 amide bonds. The monoisotopic (exact) mass is 399 g/mol. The lowest BCUT2D eigenvalue weighted by Crippen LogP contribution is -2.17. The van der Waals surface area contributed by atoms with Crippen molar-refractivity contribution in [2.75, 3.05) is 23.8 Å². The van der Waals surface area contributed by atoms with E-state index >= 15 is 0 Å². The van der Waals surface area contributed by atoms with Crippen LogP contribution in [0.25, 0.3) is 11.3 Å². The average molecular weight is 399 g/mol. The zero-order valence-corrected chi connectivity index (χ0v) is 15.4. The molecule has 4 rings (SSSR count). The summed E-state index contributed by atoms with van der Waals surface area (Å²) in [5.41, 5.74) is 4.36. The number of anilines is 3. The zero-order chi connectivity index (χ0) is 20.6. The van der Waals surface area contributed by atoms with Gasteiger partial charge in [-0.2, -0.15) is 23.5 Å². The number of aromatic nitrogens is 4. The number of alkyl halides is 3. The largest absolute Gasteiger partial charge is 0.408 e. The first-order valence-corrected chi connectivity index (χ1v) is 8.80. The molecular weight excluding hydrogens is 383 g/mol. The van der Waals surface area contributed by atoms with Crippen molar-refractivity contribution in [2.45, 2.75) is 19.1 Å². The van der Waals surface area contributed by atoms with Gasteiger partial charge in [-0.25, -0.2) is 9.97 Å². The Morgan fingerprint density at radius 3 is 2.90 bits per heavy atom. The van der Waals surface area contributed by atoms with Gasteiger partial charge in [-0.05, 0) is 30.2 Å². The van der Waals surface area contributed by atoms with Crippen LogP contribution in [-0.4, -0.2) is 39.5 Å². The molecule has 1 aromatic carbocycles. The fourth-order valence-electron chi connectivity index (χ4n) is 3.38. The number of nitriles is 1. The van der Waals surface area contributed by atoms with Crippen LogP contribution < -0.4 is 10.2 Å². The van der Waals surface area contributed by atoms with Gasteiger partial charge in [0.1, 0.15) is 12.6 Å². The highest BCUT2D eigenvalue weighted by molar-refractivity contribution is 5.75. The summed E-state index contributed by atoms with van der Waals surface area (Å²) in [5, 5.41) is 16.1. The van der Waals surface area contributed by atoms with Gasteiger partial charge in [-0.3, -0.25) is 4.68 Å². The molecule has 29 heavy (non-hydrogen) atoms. The lowest BCUT2D eigenvalue weighted by Gasteiger charge is -2.14. The van der Waals surface area contributed by atoms with Crippen molar-refractivity contribution in [3.63, 3.8) is 0 Å². The minimum atomic E-state index is -4.35. The molecule has 3 heterocycles. The maximum Gasteiger partial charge on any atom is 0.408 e. The van der Waals surface area contributed by atoms with Crippen molar-refractivity contribution in [1.82, 2.24) is 19.7 Å². The molecule has 0 bridgehead atoms. The van der Waals surface area contributed by atoms with Crippen LogP contribution in [0.2, 0.25) is 0 Å². The molecule has 1 N–H and O–H groups in total. The third kappa shape index (κ3) is 3.99. The molecular formula is C19H16F3N7. The Balaban J connectivity index is 1.60. The minimum absolute atomic E-state index is 0.227. The molecule has 0 spiro atoms. The summed E-state index contributed by atoms with van der Waals surface area (Å²) in [6.45, 7) is -0.317. The van der Waals surface area contributed by atoms with E-state index in [1.165, 1.54) is 12.4 Å². The summed E-state index contributed by atoms with van der Waals surface area (Å²) in [5.74, 6) is 0.227. The molecule has 3 aromatic rings. The van der Waals surface area contributed by atoms with Gasteiger partial charge in [0.2, 0.25) is 5.95 Å². The van der Waals surface area contributed by atoms with E-state index in [0.29, 0.717) is 16.9 Å². The first-order chi connectivity index (χ1) is 13.8. The van der Waals surface area contributed by atoms with Crippen molar-refractivity contribution < 1.29 is 13.2 Å². The summed E-state index contributed by atoms with van der Waals surface area (Å²) in [4.78, 5) is 10.6. The first kappa shape index (κ1) is 18.7. The van der Waals surface area contributed by atoms with E-state index in [4.69, 9.17) is 0 Å². The van der Waals surface area contributed by atoms with Crippen molar-refractivity contribution in [1.29, 1.82) is 5.26 Å². The molecule has 1 aliphatic heterocycles. The number of nitrogens with one attached hydrogen (secondary N) is 1. The van der Waals surface area contributed by atoms with Crippen LogP contribution in [0.4, 0.5) is 30.5 Å². The lowest BCUT2D eigenvalue weighted by atomic mass is 10.0. The summed E-state index contributed by atoms with van der Waals surface area (Å²) < 4.78 is 38.2. The molecule has 0 radical (unpaired) electrons. The maximum absolute atomic E-state index is 12.5. The number of hydrogen-bond acceptors (Lipinski definition) is 6. The molecule has 7 nitrogen and oxygen atoms in total. The number of fused-ring (bicyclic) bond motifs is 1. The zero-order valence-electron chi connectivity index (χ0n) is 15.4. The quantitative estimate of drug-likeness (QED) is 0.723. The van der Waals surface area contributed by atoms with Crippen LogP contribution >= 0.6 is 0 Å². The van der Waals surface area contributed by atoms with Crippen LogP contribution in [0, 0.1) is 11.3 Å². The van der Waals surface area contributed by atoms with Gasteiger partial charge in [-0.1, -0.05) is 0 Å². The van der Waals surface area contributed by atoms with Gasteiger partial charge < -0.3 is 10.2 Å². The Kier molecular flexibility index (Phi) is 4.58. The molecule has 1 aliphatic rings. The van der Waals surface area contributed by atoms with Crippen LogP contribution in [0.3, 0.4) is 0 Å². The fourth-order valence-corrected chi connectivity index (χ4v) is 3.38. The highest BCUT2D eigenvalue weighted by Crippen LogP contribution is 2.34. The Hall–Kier alpha value is -3.61. The van der Waals surface area contributed by atoms with Crippen LogP contribution in [0.1, 0.15) is 11.1 Å². The molecule has 0 saturated heterocycles. The topological polar surface area (TPSA) is 82.7 Å². The summed E-state index contributed by atoms with van der Waals surface area (Å²) in [6.07, 6.45) is 0.572. The number of likely N-dealkylation sites (N-methyl/N-ethyl adjacent to an activating group) is 1. The van der Waals surface area contributed by atoms with E-state index in [-0.39, 0.29) is 5.95 Å². The molecule has 148 valence electrons. The van der Waals surface area contributed by atoms with E-state index in [9.17, 15) is 18.4 Å². The first-order valence-electron chi connectivity index (χ1n) is 8.80. The second-order valence-corrected chi connectivity index (χ2v) is 6.75. The number of hydrogen-bond donors (Lipinski definition) is 1. The number of rotatable bonds is 4. The minimum Gasteiger partial charge on any atom is -0.373 e. The molecule has 10 heteroatoms. The van der Waals surface area contributed by atoms with Gasteiger partial charge in [-0.15, -0.1) is 0 Å². The van der Waals surface area contributed by atoms with Gasteiger partial charge in [0.25, 0.3) is 0 Å². The van der Waals surface area contributed by atoms with Gasteiger partial charge in [0.15, 0.2) is 0 Å². The smallest absolute Gasteiger partial charge is 0.373 e. The predicted octanol–water partition coefficient (Wildman–Crippen LogP) is 3.51. The number of nitrogens with zero attached hydrogens (tertiary/aromatic N) is 6. The highest BCUT2D eigenvalue weighted by Gasteiger charge is 2.28. The predicted molar refractivity (Wildman–Crippen MR) is 101 cm³/mol. The molecule has 0 unspecified atom stereocenters. The Labute approximate surface area is 164 Å². The second-order valence-electron chi connectivity index (χ2n) is 6.75. The highest BCUT2D eigenvalue weighted by atomic mass is 19.4. The molecule has 0 fully saturated rings. The standard InChI is InChI=1S/C19H16F3N7/c1-28-5-3-12-6-13(7-14(8-23)17(12)28)16-2-4-24-18(27-16)26-15-9-25-29(10-15)11-19(20,21)22/h2,4,6-7,9-10H,3,5,11H2,1H3,(H,24,26,27). The molecule has 2 aromatic heterocycles. The maximum atomic E-state index is 12.5. The van der Waals surface area contributed by atoms with Gasteiger partial charge in [0.05, 0.1) is 28.8 Å². The van der Waals surface area contributed by atoms with Crippen molar-refractivity contribution in [2.24, 2.45) is 0 Å². The van der Waals surface area contributed by atoms with E-state index in [0.717, 1.165) is 34.5 Å². The summed E-state index contributed by atoms with van der Waals surface area (Å²) in [7, 11) is 1.96.